The summed E-state index contributed by atoms with van der Waals surface area (Å²) in [7, 11) is 0. The molecule has 4 N–H and O–H groups in total. The van der Waals surface area contributed by atoms with Gasteiger partial charge in [-0.3, -0.25) is 4.79 Å². The predicted octanol–water partition coefficient (Wildman–Crippen LogP) is 4.91. The minimum absolute atomic E-state index is 0.0253. The quantitative estimate of drug-likeness (QED) is 0.416. The number of anilines is 1. The fourth-order valence-corrected chi connectivity index (χ4v) is 5.68. The lowest BCUT2D eigenvalue weighted by molar-refractivity contribution is 0.0713. The van der Waals surface area contributed by atoms with Gasteiger partial charge in [0.25, 0.3) is 5.91 Å². The van der Waals surface area contributed by atoms with Gasteiger partial charge in [0.05, 0.1) is 5.56 Å². The van der Waals surface area contributed by atoms with Gasteiger partial charge in [-0.15, -0.1) is 0 Å². The summed E-state index contributed by atoms with van der Waals surface area (Å²) in [6.07, 6.45) is 3.21. The molecule has 7 heteroatoms. The van der Waals surface area contributed by atoms with Gasteiger partial charge in [0.2, 0.25) is 0 Å². The Morgan fingerprint density at radius 2 is 1.17 bits per heavy atom. The lowest BCUT2D eigenvalue weighted by Gasteiger charge is -2.36. The molecule has 2 aliphatic rings. The van der Waals surface area contributed by atoms with Gasteiger partial charge in [0.1, 0.15) is 23.0 Å². The number of hydrogen-bond acceptors (Lipinski definition) is 6. The molecule has 0 unspecified atom stereocenters. The summed E-state index contributed by atoms with van der Waals surface area (Å²) in [5.41, 5.74) is 3.32. The molecule has 7 nitrogen and oxygen atoms in total. The molecule has 5 rings (SSSR count). The number of phenolic OH excluding ortho intramolecular Hbond substituents is 4. The van der Waals surface area contributed by atoms with Crippen molar-refractivity contribution in [2.75, 3.05) is 31.1 Å². The number of piperidine rings is 2. The maximum absolute atomic E-state index is 13.5. The first-order chi connectivity index (χ1) is 17.4. The molecule has 36 heavy (non-hydrogen) atoms. The van der Waals surface area contributed by atoms with Crippen LogP contribution in [0.4, 0.5) is 5.69 Å². The van der Waals surface area contributed by atoms with Crippen LogP contribution < -0.4 is 4.90 Å². The molecule has 1 amide bonds. The third-order valence-electron chi connectivity index (χ3n) is 7.66. The smallest absolute Gasteiger partial charge is 0.255 e. The summed E-state index contributed by atoms with van der Waals surface area (Å²) >= 11 is 0. The van der Waals surface area contributed by atoms with Crippen molar-refractivity contribution >= 4 is 11.6 Å². The molecule has 188 valence electrons. The number of nitrogens with zero attached hydrogens (tertiary/aromatic N) is 2. The van der Waals surface area contributed by atoms with Crippen molar-refractivity contribution in [3.05, 3.63) is 77.4 Å². The SMILES string of the molecule is O=C(c1ccccc1N1CCC(c2ccc(O)cc2O)CC1)N1CCC(c2ccc(O)cc2O)CC1. The zero-order valence-electron chi connectivity index (χ0n) is 20.2. The highest BCUT2D eigenvalue weighted by Gasteiger charge is 2.29. The maximum Gasteiger partial charge on any atom is 0.255 e. The number of para-hydroxylation sites is 1. The Morgan fingerprint density at radius 3 is 1.69 bits per heavy atom. The monoisotopic (exact) mass is 488 g/mol. The Balaban J connectivity index is 1.25. The Kier molecular flexibility index (Phi) is 6.63. The summed E-state index contributed by atoms with van der Waals surface area (Å²) in [6, 6.07) is 17.3. The molecular formula is C29H32N2O5. The van der Waals surface area contributed by atoms with Crippen molar-refractivity contribution in [2.45, 2.75) is 37.5 Å². The van der Waals surface area contributed by atoms with Crippen LogP contribution in [0.1, 0.15) is 59.0 Å². The van der Waals surface area contributed by atoms with E-state index in [1.165, 1.54) is 12.1 Å². The normalized spacial score (nSPS) is 17.3. The molecule has 0 saturated carbocycles. The molecule has 2 aliphatic heterocycles. The van der Waals surface area contributed by atoms with E-state index in [1.807, 2.05) is 29.2 Å². The topological polar surface area (TPSA) is 104 Å². The van der Waals surface area contributed by atoms with E-state index in [0.29, 0.717) is 18.7 Å². The van der Waals surface area contributed by atoms with E-state index >= 15 is 0 Å². The molecule has 0 spiro atoms. The maximum atomic E-state index is 13.5. The average Bonchev–Trinajstić information content (AvgIpc) is 2.89. The standard InChI is InChI=1S/C29H32N2O5/c32-21-5-7-23(27(34)17-21)19-9-13-30(14-10-19)26-4-2-1-3-25(26)29(36)31-15-11-20(12-16-31)24-8-6-22(33)18-28(24)35/h1-8,17-20,32-35H,9-16H2. The first-order valence-electron chi connectivity index (χ1n) is 12.6. The van der Waals surface area contributed by atoms with E-state index in [9.17, 15) is 25.2 Å². The molecule has 0 aromatic heterocycles. The van der Waals surface area contributed by atoms with Gasteiger partial charge in [0.15, 0.2) is 0 Å². The molecule has 3 aromatic rings. The first-order valence-corrected chi connectivity index (χ1v) is 12.6. The van der Waals surface area contributed by atoms with Crippen LogP contribution in [0.15, 0.2) is 60.7 Å². The second-order valence-corrected chi connectivity index (χ2v) is 9.83. The van der Waals surface area contributed by atoms with Crippen molar-refractivity contribution in [2.24, 2.45) is 0 Å². The van der Waals surface area contributed by atoms with Crippen LogP contribution in [0.3, 0.4) is 0 Å². The van der Waals surface area contributed by atoms with Crippen molar-refractivity contribution in [1.82, 2.24) is 4.90 Å². The van der Waals surface area contributed by atoms with Crippen LogP contribution in [-0.2, 0) is 0 Å². The number of amides is 1. The molecule has 2 heterocycles. The van der Waals surface area contributed by atoms with Crippen LogP contribution in [0.25, 0.3) is 0 Å². The highest BCUT2D eigenvalue weighted by molar-refractivity contribution is 6.00. The van der Waals surface area contributed by atoms with E-state index in [0.717, 1.165) is 55.6 Å². The van der Waals surface area contributed by atoms with Crippen LogP contribution in [-0.4, -0.2) is 57.4 Å². The van der Waals surface area contributed by atoms with Gasteiger partial charge in [-0.05, 0) is 72.9 Å². The minimum Gasteiger partial charge on any atom is -0.508 e. The Morgan fingerprint density at radius 1 is 0.667 bits per heavy atom. The summed E-state index contributed by atoms with van der Waals surface area (Å²) in [4.78, 5) is 17.7. The minimum atomic E-state index is 0.0253. The lowest BCUT2D eigenvalue weighted by Crippen LogP contribution is -2.39. The molecule has 0 radical (unpaired) electrons. The van der Waals surface area contributed by atoms with Gasteiger partial charge in [-0.25, -0.2) is 0 Å². The molecular weight excluding hydrogens is 456 g/mol. The molecule has 0 atom stereocenters. The Bertz CT molecular complexity index is 1240. The molecule has 0 aliphatic carbocycles. The fraction of sp³-hybridized carbons (Fsp3) is 0.345. The molecule has 3 aromatic carbocycles. The molecule has 2 saturated heterocycles. The summed E-state index contributed by atoms with van der Waals surface area (Å²) in [6.45, 7) is 2.77. The van der Waals surface area contributed by atoms with Gasteiger partial charge >= 0.3 is 0 Å². The summed E-state index contributed by atoms with van der Waals surface area (Å²) in [5.74, 6) is 0.731. The van der Waals surface area contributed by atoms with E-state index in [-0.39, 0.29) is 40.7 Å². The zero-order valence-corrected chi connectivity index (χ0v) is 20.2. The number of carbonyl (C=O) groups is 1. The van der Waals surface area contributed by atoms with Gasteiger partial charge in [0, 0.05) is 44.0 Å². The Hall–Kier alpha value is -3.87. The molecule has 2 fully saturated rings. The summed E-state index contributed by atoms with van der Waals surface area (Å²) < 4.78 is 0. The average molecular weight is 489 g/mol. The van der Waals surface area contributed by atoms with Crippen LogP contribution >= 0.6 is 0 Å². The Labute approximate surface area is 210 Å². The van der Waals surface area contributed by atoms with Crippen LogP contribution in [0.5, 0.6) is 23.0 Å². The third kappa shape index (κ3) is 4.78. The van der Waals surface area contributed by atoms with Crippen LogP contribution in [0, 0.1) is 0 Å². The van der Waals surface area contributed by atoms with E-state index in [2.05, 4.69) is 4.90 Å². The van der Waals surface area contributed by atoms with Crippen molar-refractivity contribution < 1.29 is 25.2 Å². The highest BCUT2D eigenvalue weighted by Crippen LogP contribution is 2.38. The zero-order chi connectivity index (χ0) is 25.2. The lowest BCUT2D eigenvalue weighted by atomic mass is 9.88. The molecule has 0 bridgehead atoms. The predicted molar refractivity (Wildman–Crippen MR) is 138 cm³/mol. The van der Waals surface area contributed by atoms with E-state index < -0.39 is 0 Å². The van der Waals surface area contributed by atoms with Gasteiger partial charge < -0.3 is 30.2 Å². The van der Waals surface area contributed by atoms with Crippen molar-refractivity contribution in [3.63, 3.8) is 0 Å². The number of phenols is 4. The van der Waals surface area contributed by atoms with Crippen LogP contribution in [0.2, 0.25) is 0 Å². The van der Waals surface area contributed by atoms with Gasteiger partial charge in [-0.1, -0.05) is 24.3 Å². The van der Waals surface area contributed by atoms with Gasteiger partial charge in [-0.2, -0.15) is 0 Å². The largest absolute Gasteiger partial charge is 0.508 e. The highest BCUT2D eigenvalue weighted by atomic mass is 16.3. The number of hydrogen-bond donors (Lipinski definition) is 4. The van der Waals surface area contributed by atoms with Crippen molar-refractivity contribution in [3.8, 4) is 23.0 Å². The fourth-order valence-electron chi connectivity index (χ4n) is 5.68. The number of benzene rings is 3. The number of carbonyl (C=O) groups excluding carboxylic acids is 1. The first kappa shape index (κ1) is 23.9. The number of rotatable bonds is 4. The summed E-state index contributed by atoms with van der Waals surface area (Å²) in [5, 5.41) is 39.6. The van der Waals surface area contributed by atoms with E-state index in [1.54, 1.807) is 24.3 Å². The second kappa shape index (κ2) is 10.0. The van der Waals surface area contributed by atoms with Crippen molar-refractivity contribution in [1.29, 1.82) is 0 Å². The van der Waals surface area contributed by atoms with E-state index in [4.69, 9.17) is 0 Å². The number of likely N-dealkylation sites (tertiary alicyclic amines) is 1. The number of aromatic hydroxyl groups is 4. The third-order valence-corrected chi connectivity index (χ3v) is 7.66. The second-order valence-electron chi connectivity index (χ2n) is 9.83.